The average Bonchev–Trinajstić information content (AvgIpc) is 1.52. The minimum Gasteiger partial charge on any atom is -0.497 e. The highest BCUT2D eigenvalue weighted by molar-refractivity contribution is 6.61. The molecule has 710 valence electrons. The first kappa shape index (κ1) is 96.8. The number of ether oxygens (including phenoxy) is 7. The van der Waals surface area contributed by atoms with Gasteiger partial charge in [-0.25, -0.2) is 23.7 Å². The van der Waals surface area contributed by atoms with E-state index >= 15 is 0 Å². The van der Waals surface area contributed by atoms with Crippen molar-refractivity contribution in [3.8, 4) is 23.0 Å². The number of nitrogens with zero attached hydrogens (tertiary/aromatic N) is 8. The Hall–Kier alpha value is -16.3. The van der Waals surface area contributed by atoms with Crippen molar-refractivity contribution in [2.45, 2.75) is 108 Å². The van der Waals surface area contributed by atoms with Crippen LogP contribution in [0, 0.1) is 0 Å². The molecule has 5 heterocycles. The lowest BCUT2D eigenvalue weighted by Crippen LogP contribution is -2.39. The maximum atomic E-state index is 14.1. The highest BCUT2D eigenvalue weighted by Crippen LogP contribution is 2.49. The fraction of sp³-hybridized carbons (Fsp3) is 0.207. The molecule has 4 amide bonds. The number of nitrogens with one attached hydrogen (secondary N) is 2. The molecule has 0 saturated carbocycles. The SMILES string of the molecule is COC(=O)Cl.COC(=O)N(Cc1ccc(OC)cc1OC)c1nn(C(c2ccccc2)(c2ccccc2)c2ccccc2)c2cc3c(cc12)CN([C@H](C)c1ccccc1)C(=O)C3.COC(=O)NC1=NCc2cc(N)c(CC[C@H](C)c3ccccc3)cc21.COc1ccc(CNc2nn(C(c3ccccc3)(c3ccccc3)c3ccccc3)c3cc4c(cc23)CN([C@H](C)c2ccccc2)C(=O)C4)c(OC)c1. The number of rotatable bonds is 26. The molecule has 3 aliphatic heterocycles. The zero-order valence-corrected chi connectivity index (χ0v) is 80.7. The summed E-state index contributed by atoms with van der Waals surface area (Å²) in [7, 11) is 10.4. The number of nitrogens with two attached hydrogens (primary N) is 1. The van der Waals surface area contributed by atoms with Crippen LogP contribution in [0.2, 0.25) is 0 Å². The van der Waals surface area contributed by atoms with Crippen molar-refractivity contribution in [2.75, 3.05) is 65.7 Å². The van der Waals surface area contributed by atoms with Gasteiger partial charge in [0, 0.05) is 76.5 Å². The van der Waals surface area contributed by atoms with Crippen molar-refractivity contribution in [1.29, 1.82) is 0 Å². The molecule has 16 aromatic rings. The Morgan fingerprint density at radius 1 is 0.436 bits per heavy atom. The number of alkyl carbamates (subject to hydrolysis) is 1. The molecule has 0 aliphatic carbocycles. The van der Waals surface area contributed by atoms with Crippen molar-refractivity contribution in [3.63, 3.8) is 0 Å². The second-order valence-corrected chi connectivity index (χ2v) is 34.8. The van der Waals surface area contributed by atoms with Crippen molar-refractivity contribution >= 4 is 86.0 Å². The van der Waals surface area contributed by atoms with E-state index in [0.29, 0.717) is 61.7 Å². The largest absolute Gasteiger partial charge is 0.497 e. The zero-order chi connectivity index (χ0) is 98.0. The third kappa shape index (κ3) is 20.4. The van der Waals surface area contributed by atoms with Gasteiger partial charge in [-0.3, -0.25) is 24.8 Å². The van der Waals surface area contributed by atoms with Crippen LogP contribution in [0.4, 0.5) is 31.7 Å². The molecule has 3 atom stereocenters. The molecule has 0 fully saturated rings. The van der Waals surface area contributed by atoms with Crippen molar-refractivity contribution in [3.05, 3.63) is 446 Å². The Balaban J connectivity index is 0.000000157. The van der Waals surface area contributed by atoms with Crippen molar-refractivity contribution in [1.82, 2.24) is 34.7 Å². The number of carbonyl (C=O) groups is 5. The van der Waals surface area contributed by atoms with Gasteiger partial charge in [-0.2, -0.15) is 10.2 Å². The van der Waals surface area contributed by atoms with E-state index in [-0.39, 0.29) is 36.9 Å². The van der Waals surface area contributed by atoms with Crippen LogP contribution in [0.25, 0.3) is 21.8 Å². The number of benzene rings is 14. The third-order valence-electron chi connectivity index (χ3n) is 26.5. The van der Waals surface area contributed by atoms with Gasteiger partial charge in [0.25, 0.3) is 0 Å². The predicted molar refractivity (Wildman–Crippen MR) is 550 cm³/mol. The number of hydrogen-bond donors (Lipinski definition) is 3. The van der Waals surface area contributed by atoms with E-state index < -0.39 is 28.7 Å². The van der Waals surface area contributed by atoms with Crippen LogP contribution >= 0.6 is 11.6 Å². The Morgan fingerprint density at radius 2 is 0.836 bits per heavy atom. The van der Waals surface area contributed by atoms with E-state index in [1.165, 1.54) is 26.9 Å². The van der Waals surface area contributed by atoms with E-state index in [1.54, 1.807) is 39.4 Å². The van der Waals surface area contributed by atoms with Crippen LogP contribution in [0.5, 0.6) is 23.0 Å². The van der Waals surface area contributed by atoms with Crippen LogP contribution in [0.3, 0.4) is 0 Å². The summed E-state index contributed by atoms with van der Waals surface area (Å²) in [6, 6.07) is 117. The molecule has 0 radical (unpaired) electrons. The predicted octanol–water partition coefficient (Wildman–Crippen LogP) is 23.1. The highest BCUT2D eigenvalue weighted by Gasteiger charge is 2.45. The summed E-state index contributed by atoms with van der Waals surface area (Å²) in [5.74, 6) is 4.97. The minimum atomic E-state index is -1.01. The summed E-state index contributed by atoms with van der Waals surface area (Å²) in [6.07, 6.45) is 1.32. The first-order valence-corrected chi connectivity index (χ1v) is 46.8. The van der Waals surface area contributed by atoms with Crippen LogP contribution < -0.4 is 40.2 Å². The van der Waals surface area contributed by atoms with E-state index in [4.69, 9.17) is 39.6 Å². The summed E-state index contributed by atoms with van der Waals surface area (Å²) in [5, 5.41) is 19.1. The van der Waals surface area contributed by atoms with Gasteiger partial charge < -0.3 is 54.0 Å². The second kappa shape index (κ2) is 44.2. The normalized spacial score (nSPS) is 13.2. The summed E-state index contributed by atoms with van der Waals surface area (Å²) in [5.41, 5.74) is 24.5. The van der Waals surface area contributed by atoms with Gasteiger partial charge in [0.05, 0.1) is 98.8 Å². The molecule has 3 aliphatic rings. The fourth-order valence-corrected chi connectivity index (χ4v) is 19.1. The molecular formula is C116H112ClN11O12. The minimum absolute atomic E-state index is 0.0488. The Labute approximate surface area is 820 Å². The molecule has 4 N–H and O–H groups in total. The number of anilines is 3. The van der Waals surface area contributed by atoms with Gasteiger partial charge in [-0.15, -0.1) is 0 Å². The fourth-order valence-electron chi connectivity index (χ4n) is 19.1. The monoisotopic (exact) mass is 1890 g/mol. The molecule has 19 rings (SSSR count). The molecule has 0 saturated heterocycles. The van der Waals surface area contributed by atoms with Crippen LogP contribution in [-0.4, -0.2) is 114 Å². The van der Waals surface area contributed by atoms with Crippen LogP contribution in [0.1, 0.15) is 145 Å². The molecule has 24 heteroatoms. The number of methoxy groups -OCH3 is 7. The molecule has 23 nitrogen and oxygen atoms in total. The molecule has 14 aromatic carbocycles. The lowest BCUT2D eigenvalue weighted by molar-refractivity contribution is -0.135. The zero-order valence-electron chi connectivity index (χ0n) is 79.9. The topological polar surface area (TPSA) is 258 Å². The van der Waals surface area contributed by atoms with Gasteiger partial charge in [0.2, 0.25) is 11.8 Å². The third-order valence-corrected chi connectivity index (χ3v) is 26.6. The number of aliphatic imine (C=N–C) groups is 1. The number of amides is 4. The number of aryl methyl sites for hydroxylation is 1. The molecule has 140 heavy (non-hydrogen) atoms. The number of hydrogen-bond acceptors (Lipinski definition) is 17. The number of carbonyl (C=O) groups excluding carboxylic acids is 5. The summed E-state index contributed by atoms with van der Waals surface area (Å²) >= 11 is 4.60. The number of fused-ring (bicyclic) bond motifs is 5. The maximum absolute atomic E-state index is 14.1. The van der Waals surface area contributed by atoms with Gasteiger partial charge in [0.15, 0.2) is 11.6 Å². The lowest BCUT2D eigenvalue weighted by atomic mass is 9.77. The van der Waals surface area contributed by atoms with E-state index in [0.717, 1.165) is 152 Å². The van der Waals surface area contributed by atoms with Gasteiger partial charge in [-0.1, -0.05) is 280 Å². The molecule has 0 unspecified atom stereocenters. The molecule has 0 spiro atoms. The Bertz CT molecular complexity index is 6870. The quantitative estimate of drug-likeness (QED) is 0.0197. The van der Waals surface area contributed by atoms with Gasteiger partial charge in [-0.05, 0) is 177 Å². The number of nitrogen functional groups attached to an aromatic ring is 1. The van der Waals surface area contributed by atoms with Gasteiger partial charge >= 0.3 is 17.6 Å². The van der Waals surface area contributed by atoms with E-state index in [9.17, 15) is 24.0 Å². The summed E-state index contributed by atoms with van der Waals surface area (Å²) < 4.78 is 40.7. The molecule has 0 bridgehead atoms. The first-order valence-electron chi connectivity index (χ1n) is 46.5. The number of halogens is 1. The van der Waals surface area contributed by atoms with E-state index in [1.807, 2.05) is 172 Å². The lowest BCUT2D eigenvalue weighted by Gasteiger charge is -2.37. The maximum Gasteiger partial charge on any atom is 0.415 e. The first-order chi connectivity index (χ1) is 68.2. The average molecular weight is 1890 g/mol. The Morgan fingerprint density at radius 3 is 1.25 bits per heavy atom. The smallest absolute Gasteiger partial charge is 0.415 e. The summed E-state index contributed by atoms with van der Waals surface area (Å²) in [6.45, 7) is 8.40. The Kier molecular flexibility index (Phi) is 30.6. The van der Waals surface area contributed by atoms with Crippen molar-refractivity contribution < 1.29 is 57.1 Å². The number of aromatic nitrogens is 4. The van der Waals surface area contributed by atoms with E-state index in [2.05, 4.69) is 244 Å². The van der Waals surface area contributed by atoms with Crippen molar-refractivity contribution in [2.24, 2.45) is 4.99 Å². The molecular weight excluding hydrogens is 1770 g/mol. The van der Waals surface area contributed by atoms with Crippen LogP contribution in [0.15, 0.2) is 351 Å². The number of amidine groups is 1. The standard InChI is InChI=1S/C48H44N4O5.C46H42N4O3.C20H23N3O2.C2H3ClO2/c1-33(34-17-9-5-10-18-34)50-32-37-27-42-43(28-36(37)29-45(50)53)52(49-46(42)51(47(54)57-4)31-35-25-26-41(55-2)30-44(35)56-3)48(38-19-11-6-12-20-38,39-21-13-7-14-22-39)40-23-15-8-16-24-40;1-32(33-16-8-4-9-17-33)49-31-36-26-41-42(27-35(36)28-44(49)51)50(48-45(41)47-30-34-24-25-40(52-2)29-43(34)53-3)46(37-18-10-5-11-19-37,38-20-12-6-13-21-38)39-22-14-7-15-23-39;1-13(14-6-4-3-5-7-14)8-9-15-10-17-16(11-18(15)21)12-22-19(17)23-20(24)25-2;1-5-2(3)4/h5-28,30,33H,29,31-32H2,1-4H3;4-27,29,32H,28,30-31H2,1-3H3,(H,47,48);3-7,10-11,13H,8-9,12,21H2,1-2H3,(H,22,23,24);1H3/t33-;32-;13-;/m110./s1. The van der Waals surface area contributed by atoms with Crippen LogP contribution in [-0.2, 0) is 86.9 Å². The summed E-state index contributed by atoms with van der Waals surface area (Å²) in [4.78, 5) is 72.7. The molecule has 2 aromatic heterocycles. The second-order valence-electron chi connectivity index (χ2n) is 34.5. The highest BCUT2D eigenvalue weighted by atomic mass is 35.5. The van der Waals surface area contributed by atoms with Gasteiger partial charge in [0.1, 0.15) is 39.9 Å².